The Morgan fingerprint density at radius 1 is 0.354 bits per heavy atom. The van der Waals surface area contributed by atoms with Crippen LogP contribution in [0.1, 0.15) is 0 Å². The van der Waals surface area contributed by atoms with Crippen LogP contribution in [-0.2, 0) is 0 Å². The van der Waals surface area contributed by atoms with Crippen LogP contribution in [0.3, 0.4) is 0 Å². The molecule has 10 aromatic carbocycles. The summed E-state index contributed by atoms with van der Waals surface area (Å²) in [6.45, 7) is 0. The van der Waals surface area contributed by atoms with Gasteiger partial charge in [0.15, 0.2) is 29.0 Å². The first-order valence-corrected chi connectivity index (χ1v) is 21.9. The number of benzene rings is 10. The molecule has 0 bridgehead atoms. The van der Waals surface area contributed by atoms with E-state index in [1.165, 1.54) is 27.5 Å². The molecule has 0 saturated heterocycles. The molecule has 6 nitrogen and oxygen atoms in total. The monoisotopic (exact) mass is 829 g/mol. The van der Waals surface area contributed by atoms with Crippen LogP contribution >= 0.6 is 0 Å². The summed E-state index contributed by atoms with van der Waals surface area (Å²) in [5.74, 6) is 3.49. The Balaban J connectivity index is 1.04. The molecule has 12 aromatic rings. The summed E-state index contributed by atoms with van der Waals surface area (Å²) in [5.41, 5.74) is 13.7. The lowest BCUT2D eigenvalue weighted by molar-refractivity contribution is 0.481. The molecular formula is C59H35N5O. The van der Waals surface area contributed by atoms with Gasteiger partial charge in [-0.3, -0.25) is 0 Å². The van der Waals surface area contributed by atoms with Gasteiger partial charge in [-0.25, -0.2) is 15.0 Å². The van der Waals surface area contributed by atoms with E-state index in [1.807, 2.05) is 60.7 Å². The second-order valence-electron chi connectivity index (χ2n) is 16.7. The molecule has 65 heavy (non-hydrogen) atoms. The molecule has 0 fully saturated rings. The van der Waals surface area contributed by atoms with Gasteiger partial charge >= 0.3 is 0 Å². The molecule has 0 saturated carbocycles. The topological polar surface area (TPSA) is 56.1 Å². The first-order valence-electron chi connectivity index (χ1n) is 21.9. The zero-order chi connectivity index (χ0) is 42.6. The van der Waals surface area contributed by atoms with E-state index in [4.69, 9.17) is 19.7 Å². The van der Waals surface area contributed by atoms with Crippen LogP contribution in [-0.4, -0.2) is 19.5 Å². The molecule has 4 heterocycles. The van der Waals surface area contributed by atoms with Gasteiger partial charge in [-0.15, -0.1) is 0 Å². The zero-order valence-corrected chi connectivity index (χ0v) is 34.9. The van der Waals surface area contributed by atoms with Gasteiger partial charge in [-0.1, -0.05) is 164 Å². The molecule has 0 N–H and O–H groups in total. The number of para-hydroxylation sites is 2. The molecule has 2 aliphatic rings. The predicted octanol–water partition coefficient (Wildman–Crippen LogP) is 15.5. The average molecular weight is 830 g/mol. The highest BCUT2D eigenvalue weighted by Gasteiger charge is 2.36. The highest BCUT2D eigenvalue weighted by Crippen LogP contribution is 2.61. The van der Waals surface area contributed by atoms with E-state index in [2.05, 4.69) is 161 Å². The fraction of sp³-hybridized carbons (Fsp3) is 0. The van der Waals surface area contributed by atoms with Crippen molar-refractivity contribution in [2.24, 2.45) is 0 Å². The lowest BCUT2D eigenvalue weighted by Gasteiger charge is -2.35. The van der Waals surface area contributed by atoms with Crippen LogP contribution in [0.4, 0.5) is 17.1 Å². The molecule has 6 heteroatoms. The summed E-state index contributed by atoms with van der Waals surface area (Å²) >= 11 is 0. The van der Waals surface area contributed by atoms with Gasteiger partial charge in [-0.2, -0.15) is 0 Å². The third-order valence-electron chi connectivity index (χ3n) is 13.1. The summed E-state index contributed by atoms with van der Waals surface area (Å²) < 4.78 is 9.73. The Kier molecular flexibility index (Phi) is 7.59. The van der Waals surface area contributed by atoms with Crippen LogP contribution in [0.25, 0.3) is 105 Å². The summed E-state index contributed by atoms with van der Waals surface area (Å²) in [6.07, 6.45) is 0. The van der Waals surface area contributed by atoms with Crippen molar-refractivity contribution in [3.05, 3.63) is 212 Å². The highest BCUT2D eigenvalue weighted by atomic mass is 16.5. The second kappa shape index (κ2) is 13.8. The Labute approximate surface area is 373 Å². The van der Waals surface area contributed by atoms with Crippen molar-refractivity contribution < 1.29 is 4.74 Å². The number of aromatic nitrogens is 4. The summed E-state index contributed by atoms with van der Waals surface area (Å²) in [4.78, 5) is 17.7. The van der Waals surface area contributed by atoms with E-state index in [0.717, 1.165) is 89.1 Å². The van der Waals surface area contributed by atoms with Crippen molar-refractivity contribution in [3.8, 4) is 73.6 Å². The minimum absolute atomic E-state index is 0.615. The number of fused-ring (bicyclic) bond motifs is 13. The van der Waals surface area contributed by atoms with E-state index in [-0.39, 0.29) is 0 Å². The maximum Gasteiger partial charge on any atom is 0.176 e. The van der Waals surface area contributed by atoms with Gasteiger partial charge < -0.3 is 14.2 Å². The molecule has 0 unspecified atom stereocenters. The normalized spacial score (nSPS) is 12.4. The van der Waals surface area contributed by atoms with Gasteiger partial charge in [-0.05, 0) is 75.8 Å². The van der Waals surface area contributed by atoms with Crippen LogP contribution in [0.15, 0.2) is 212 Å². The second-order valence-corrected chi connectivity index (χ2v) is 16.7. The molecule has 14 rings (SSSR count). The molecule has 2 aromatic heterocycles. The number of hydrogen-bond donors (Lipinski definition) is 0. The van der Waals surface area contributed by atoms with Crippen LogP contribution in [0.2, 0.25) is 0 Å². The first-order chi connectivity index (χ1) is 32.2. The Morgan fingerprint density at radius 2 is 0.938 bits per heavy atom. The molecule has 302 valence electrons. The SMILES string of the molecule is c1ccc(-c2nc(-c3ccccc3)nc(-c3ccc(-n4c5ccccc5c5ccc6c(c54)Oc4cccc5c4N6c4cc6ccccc6cc4-c4ccccc4-5)c4ccccc34)n2)cc1. The van der Waals surface area contributed by atoms with Gasteiger partial charge in [0.05, 0.1) is 33.8 Å². The van der Waals surface area contributed by atoms with E-state index in [1.54, 1.807) is 0 Å². The minimum Gasteiger partial charge on any atom is -0.451 e. The molecule has 0 radical (unpaired) electrons. The van der Waals surface area contributed by atoms with Gasteiger partial charge in [0.1, 0.15) is 0 Å². The Bertz CT molecular complexity index is 3880. The maximum atomic E-state index is 7.33. The largest absolute Gasteiger partial charge is 0.451 e. The number of anilines is 3. The third-order valence-corrected chi connectivity index (χ3v) is 13.1. The van der Waals surface area contributed by atoms with Crippen LogP contribution in [0.5, 0.6) is 11.5 Å². The smallest absolute Gasteiger partial charge is 0.176 e. The Morgan fingerprint density at radius 3 is 1.69 bits per heavy atom. The fourth-order valence-corrected chi connectivity index (χ4v) is 10.3. The molecule has 0 amide bonds. The molecule has 0 aliphatic carbocycles. The van der Waals surface area contributed by atoms with E-state index in [9.17, 15) is 0 Å². The van der Waals surface area contributed by atoms with Gasteiger partial charge in [0.25, 0.3) is 0 Å². The predicted molar refractivity (Wildman–Crippen MR) is 265 cm³/mol. The van der Waals surface area contributed by atoms with Crippen molar-refractivity contribution in [1.29, 1.82) is 0 Å². The van der Waals surface area contributed by atoms with E-state index < -0.39 is 0 Å². The zero-order valence-electron chi connectivity index (χ0n) is 34.9. The number of nitrogens with zero attached hydrogens (tertiary/aromatic N) is 5. The van der Waals surface area contributed by atoms with E-state index in [0.29, 0.717) is 17.5 Å². The quantitative estimate of drug-likeness (QED) is 0.177. The van der Waals surface area contributed by atoms with Crippen molar-refractivity contribution in [1.82, 2.24) is 19.5 Å². The van der Waals surface area contributed by atoms with Crippen molar-refractivity contribution in [3.63, 3.8) is 0 Å². The van der Waals surface area contributed by atoms with Gasteiger partial charge in [0.2, 0.25) is 0 Å². The lowest BCUT2D eigenvalue weighted by atomic mass is 9.93. The van der Waals surface area contributed by atoms with Crippen molar-refractivity contribution in [2.45, 2.75) is 0 Å². The first kappa shape index (κ1) is 35.7. The molecule has 2 aliphatic heterocycles. The summed E-state index contributed by atoms with van der Waals surface area (Å²) in [7, 11) is 0. The number of ether oxygens (including phenoxy) is 1. The molecule has 0 atom stereocenters. The highest BCUT2D eigenvalue weighted by molar-refractivity contribution is 6.17. The van der Waals surface area contributed by atoms with Crippen LogP contribution in [0, 0.1) is 0 Å². The van der Waals surface area contributed by atoms with Crippen LogP contribution < -0.4 is 9.64 Å². The standard InChI is InChI=1S/C59H35N5O/c1-3-16-36(17-4-1)57-60-58(37-18-5-2-6-19-37)62-59(61-57)47-31-32-50(43-25-12-11-24-42(43)47)63-49-28-14-13-26-44(49)46-30-33-51-56(55(46)63)65-53-29-15-27-45-40-22-9-10-23-41(40)48-34-38-20-7-8-21-39(38)35-52(48)64(51)54(45)53/h1-35H. The molecule has 0 spiro atoms. The average Bonchev–Trinajstić information content (AvgIpc) is 3.66. The summed E-state index contributed by atoms with van der Waals surface area (Å²) in [5, 5.41) is 6.75. The summed E-state index contributed by atoms with van der Waals surface area (Å²) in [6, 6.07) is 75.0. The number of rotatable bonds is 4. The number of hydrogen-bond acceptors (Lipinski definition) is 5. The van der Waals surface area contributed by atoms with Crippen molar-refractivity contribution in [2.75, 3.05) is 4.90 Å². The third kappa shape index (κ3) is 5.31. The Hall–Kier alpha value is -8.87. The minimum atomic E-state index is 0.615. The molecular weight excluding hydrogens is 795 g/mol. The maximum absolute atomic E-state index is 7.33. The fourth-order valence-electron chi connectivity index (χ4n) is 10.3. The van der Waals surface area contributed by atoms with E-state index >= 15 is 0 Å². The van der Waals surface area contributed by atoms with Gasteiger partial charge in [0, 0.05) is 44.0 Å². The lowest BCUT2D eigenvalue weighted by Crippen LogP contribution is -2.17. The van der Waals surface area contributed by atoms with Crippen molar-refractivity contribution >= 4 is 60.4 Å².